The fourth-order valence-electron chi connectivity index (χ4n) is 2.14. The molecule has 0 saturated carbocycles. The molecule has 0 bridgehead atoms. The van der Waals surface area contributed by atoms with E-state index in [9.17, 15) is 4.39 Å². The normalized spacial score (nSPS) is 12.4. The summed E-state index contributed by atoms with van der Waals surface area (Å²) in [5.74, 6) is -0.246. The third-order valence-corrected chi connectivity index (χ3v) is 3.81. The standard InChI is InChI=1S/C18H22FN3O.HI/c1-3-12(2)14-5-7-15(8-6-14)22-18(20)21-11-13-4-9-17(23)16(19)10-13;/h4-10,12,23H,3,11H2,1-2H3,(H3,20,21,22);1H. The van der Waals surface area contributed by atoms with E-state index >= 15 is 0 Å². The molecule has 6 heteroatoms. The Balaban J connectivity index is 0.00000288. The molecular weight excluding hydrogens is 420 g/mol. The molecule has 0 aliphatic heterocycles. The van der Waals surface area contributed by atoms with Gasteiger partial charge < -0.3 is 16.2 Å². The third kappa shape index (κ3) is 5.67. The van der Waals surface area contributed by atoms with Gasteiger partial charge in [0.15, 0.2) is 17.5 Å². The van der Waals surface area contributed by atoms with E-state index in [0.717, 1.165) is 12.1 Å². The van der Waals surface area contributed by atoms with E-state index in [2.05, 4.69) is 36.3 Å². The molecule has 4 nitrogen and oxygen atoms in total. The number of nitrogens with one attached hydrogen (secondary N) is 1. The van der Waals surface area contributed by atoms with Gasteiger partial charge in [0.1, 0.15) is 0 Å². The molecule has 0 fully saturated rings. The first-order valence-electron chi connectivity index (χ1n) is 7.64. The Bertz CT molecular complexity index is 689. The lowest BCUT2D eigenvalue weighted by molar-refractivity contribution is 0.432. The van der Waals surface area contributed by atoms with Gasteiger partial charge in [-0.1, -0.05) is 32.0 Å². The molecule has 24 heavy (non-hydrogen) atoms. The zero-order valence-electron chi connectivity index (χ0n) is 13.8. The van der Waals surface area contributed by atoms with E-state index in [-0.39, 0.29) is 42.2 Å². The van der Waals surface area contributed by atoms with Gasteiger partial charge in [-0.15, -0.1) is 24.0 Å². The largest absolute Gasteiger partial charge is 0.505 e. The second kappa shape index (κ2) is 9.46. The summed E-state index contributed by atoms with van der Waals surface area (Å²) in [6.07, 6.45) is 1.10. The van der Waals surface area contributed by atoms with Crippen LogP contribution in [-0.4, -0.2) is 11.1 Å². The molecule has 1 atom stereocenters. The minimum atomic E-state index is -0.662. The van der Waals surface area contributed by atoms with Crippen LogP contribution in [0.3, 0.4) is 0 Å². The SMILES string of the molecule is CCC(C)c1ccc(NC(N)=NCc2ccc(O)c(F)c2)cc1.I. The summed E-state index contributed by atoms with van der Waals surface area (Å²) in [4.78, 5) is 4.17. The van der Waals surface area contributed by atoms with Gasteiger partial charge in [0.25, 0.3) is 0 Å². The molecule has 1 unspecified atom stereocenters. The van der Waals surface area contributed by atoms with Crippen LogP contribution in [0.25, 0.3) is 0 Å². The second-order valence-corrected chi connectivity index (χ2v) is 5.54. The van der Waals surface area contributed by atoms with E-state index in [1.54, 1.807) is 6.07 Å². The zero-order valence-corrected chi connectivity index (χ0v) is 16.1. The Morgan fingerprint density at radius 1 is 1.25 bits per heavy atom. The summed E-state index contributed by atoms with van der Waals surface area (Å²) in [7, 11) is 0. The van der Waals surface area contributed by atoms with Gasteiger partial charge in [0.05, 0.1) is 6.54 Å². The van der Waals surface area contributed by atoms with Crippen LogP contribution in [0.1, 0.15) is 37.3 Å². The van der Waals surface area contributed by atoms with Crippen molar-refractivity contribution < 1.29 is 9.50 Å². The Kier molecular flexibility index (Phi) is 7.97. The molecule has 0 heterocycles. The smallest absolute Gasteiger partial charge is 0.193 e. The number of nitrogens with zero attached hydrogens (tertiary/aromatic N) is 1. The molecule has 2 aromatic rings. The number of halogens is 2. The maximum absolute atomic E-state index is 13.2. The molecule has 0 radical (unpaired) electrons. The number of hydrogen-bond acceptors (Lipinski definition) is 2. The summed E-state index contributed by atoms with van der Waals surface area (Å²) in [6.45, 7) is 4.59. The van der Waals surface area contributed by atoms with Crippen molar-refractivity contribution in [2.24, 2.45) is 10.7 Å². The van der Waals surface area contributed by atoms with Gasteiger partial charge in [-0.25, -0.2) is 9.38 Å². The lowest BCUT2D eigenvalue weighted by Gasteiger charge is -2.11. The Labute approximate surface area is 159 Å². The maximum atomic E-state index is 13.2. The lowest BCUT2D eigenvalue weighted by atomic mass is 9.99. The number of nitrogens with two attached hydrogens (primary N) is 1. The van der Waals surface area contributed by atoms with E-state index in [4.69, 9.17) is 10.8 Å². The average molecular weight is 443 g/mol. The predicted molar refractivity (Wildman–Crippen MR) is 108 cm³/mol. The summed E-state index contributed by atoms with van der Waals surface area (Å²) in [5, 5.41) is 12.2. The van der Waals surface area contributed by atoms with Crippen molar-refractivity contribution in [1.82, 2.24) is 0 Å². The molecule has 0 aromatic heterocycles. The van der Waals surface area contributed by atoms with Crippen molar-refractivity contribution in [1.29, 1.82) is 0 Å². The minimum Gasteiger partial charge on any atom is -0.505 e. The average Bonchev–Trinajstić information content (AvgIpc) is 2.56. The number of hydrogen-bond donors (Lipinski definition) is 3. The van der Waals surface area contributed by atoms with Crippen molar-refractivity contribution in [2.75, 3.05) is 5.32 Å². The topological polar surface area (TPSA) is 70.6 Å². The van der Waals surface area contributed by atoms with Crippen LogP contribution in [0, 0.1) is 5.82 Å². The fraction of sp³-hybridized carbons (Fsp3) is 0.278. The first kappa shape index (κ1) is 20.2. The van der Waals surface area contributed by atoms with E-state index in [0.29, 0.717) is 11.5 Å². The first-order valence-corrected chi connectivity index (χ1v) is 7.64. The summed E-state index contributed by atoms with van der Waals surface area (Å²) < 4.78 is 13.2. The highest BCUT2D eigenvalue weighted by atomic mass is 127. The van der Waals surface area contributed by atoms with Gasteiger partial charge >= 0.3 is 0 Å². The van der Waals surface area contributed by atoms with Crippen molar-refractivity contribution >= 4 is 35.6 Å². The second-order valence-electron chi connectivity index (χ2n) is 5.54. The van der Waals surface area contributed by atoms with Gasteiger partial charge in [-0.05, 0) is 47.7 Å². The molecule has 0 saturated heterocycles. The van der Waals surface area contributed by atoms with Crippen LogP contribution in [0.4, 0.5) is 10.1 Å². The number of aliphatic imine (C=N–C) groups is 1. The number of phenols is 1. The number of aromatic hydroxyl groups is 1. The molecule has 2 rings (SSSR count). The molecule has 0 spiro atoms. The van der Waals surface area contributed by atoms with Gasteiger partial charge in [-0.3, -0.25) is 0 Å². The van der Waals surface area contributed by atoms with Crippen LogP contribution in [-0.2, 0) is 6.54 Å². The summed E-state index contributed by atoms with van der Waals surface area (Å²) in [5.41, 5.74) is 8.62. The quantitative estimate of drug-likeness (QED) is 0.360. The Hall–Kier alpha value is -1.83. The van der Waals surface area contributed by atoms with Crippen molar-refractivity contribution in [2.45, 2.75) is 32.7 Å². The molecular formula is C18H23FIN3O. The maximum Gasteiger partial charge on any atom is 0.193 e. The fourth-order valence-corrected chi connectivity index (χ4v) is 2.14. The van der Waals surface area contributed by atoms with E-state index < -0.39 is 5.82 Å². The van der Waals surface area contributed by atoms with Crippen LogP contribution >= 0.6 is 24.0 Å². The number of rotatable bonds is 5. The highest BCUT2D eigenvalue weighted by Gasteiger charge is 2.03. The zero-order chi connectivity index (χ0) is 16.8. The summed E-state index contributed by atoms with van der Waals surface area (Å²) in [6, 6.07) is 12.2. The lowest BCUT2D eigenvalue weighted by Crippen LogP contribution is -2.22. The van der Waals surface area contributed by atoms with Crippen molar-refractivity contribution in [3.8, 4) is 5.75 Å². The van der Waals surface area contributed by atoms with Crippen molar-refractivity contribution in [3.05, 3.63) is 59.4 Å². The first-order chi connectivity index (χ1) is 11.0. The molecule has 2 aromatic carbocycles. The number of phenolic OH excluding ortho intramolecular Hbond substituents is 1. The molecule has 4 N–H and O–H groups in total. The van der Waals surface area contributed by atoms with Crippen molar-refractivity contribution in [3.63, 3.8) is 0 Å². The number of anilines is 1. The number of guanidine groups is 1. The third-order valence-electron chi connectivity index (χ3n) is 3.81. The molecule has 130 valence electrons. The highest BCUT2D eigenvalue weighted by molar-refractivity contribution is 14.0. The highest BCUT2D eigenvalue weighted by Crippen LogP contribution is 2.20. The van der Waals surface area contributed by atoms with Gasteiger partial charge in [0.2, 0.25) is 0 Å². The van der Waals surface area contributed by atoms with Crippen LogP contribution < -0.4 is 11.1 Å². The van der Waals surface area contributed by atoms with Crippen LogP contribution in [0.5, 0.6) is 5.75 Å². The van der Waals surface area contributed by atoms with Gasteiger partial charge in [0, 0.05) is 5.69 Å². The summed E-state index contributed by atoms with van der Waals surface area (Å²) >= 11 is 0. The van der Waals surface area contributed by atoms with E-state index in [1.165, 1.54) is 17.7 Å². The van der Waals surface area contributed by atoms with E-state index in [1.807, 2.05) is 12.1 Å². The predicted octanol–water partition coefficient (Wildman–Crippen LogP) is 4.59. The molecule has 0 aliphatic rings. The molecule has 0 aliphatic carbocycles. The minimum absolute atomic E-state index is 0. The molecule has 0 amide bonds. The van der Waals surface area contributed by atoms with Crippen LogP contribution in [0.15, 0.2) is 47.5 Å². The number of benzene rings is 2. The van der Waals surface area contributed by atoms with Crippen LogP contribution in [0.2, 0.25) is 0 Å². The Morgan fingerprint density at radius 2 is 1.92 bits per heavy atom. The van der Waals surface area contributed by atoms with Gasteiger partial charge in [-0.2, -0.15) is 0 Å². The monoisotopic (exact) mass is 443 g/mol. The Morgan fingerprint density at radius 3 is 2.50 bits per heavy atom.